The Morgan fingerprint density at radius 3 is 2.42 bits per heavy atom. The Morgan fingerprint density at radius 1 is 1.19 bits per heavy atom. The minimum absolute atomic E-state index is 0.00124. The fourth-order valence-electron chi connectivity index (χ4n) is 3.14. The molecule has 1 aliphatic rings. The van der Waals surface area contributed by atoms with Gasteiger partial charge in [-0.3, -0.25) is 9.59 Å². The van der Waals surface area contributed by atoms with Gasteiger partial charge in [0.2, 0.25) is 5.41 Å². The van der Waals surface area contributed by atoms with E-state index in [1.54, 1.807) is 30.3 Å². The number of carbonyl (C=O) groups excluding carboxylic acids is 2. The zero-order chi connectivity index (χ0) is 19.1. The molecule has 0 bridgehead atoms. The molecule has 0 saturated carbocycles. The number of fused-ring (bicyclic) bond motifs is 1. The first-order chi connectivity index (χ1) is 12.2. The van der Waals surface area contributed by atoms with Crippen molar-refractivity contribution in [2.24, 2.45) is 5.41 Å². The van der Waals surface area contributed by atoms with Gasteiger partial charge in [0, 0.05) is 22.7 Å². The summed E-state index contributed by atoms with van der Waals surface area (Å²) in [7, 11) is 0. The summed E-state index contributed by atoms with van der Waals surface area (Å²) in [5.41, 5.74) is 0.939. The zero-order valence-electron chi connectivity index (χ0n) is 14.9. The summed E-state index contributed by atoms with van der Waals surface area (Å²) >= 11 is 5.97. The SMILES string of the molecule is CC(C)(C)c1ccc(NC(=O)[C@@]2(C#N)Cc3cc(Cl)ccc3C2=O)cc1. The van der Waals surface area contributed by atoms with Crippen LogP contribution in [0.5, 0.6) is 0 Å². The quantitative estimate of drug-likeness (QED) is 0.794. The van der Waals surface area contributed by atoms with E-state index in [1.807, 2.05) is 18.2 Å². The Kier molecular flexibility index (Phi) is 4.37. The number of ketones is 1. The Morgan fingerprint density at radius 2 is 1.85 bits per heavy atom. The maximum Gasteiger partial charge on any atom is 0.253 e. The second-order valence-corrected chi connectivity index (χ2v) is 8.04. The first kappa shape index (κ1) is 18.2. The molecule has 1 amide bonds. The zero-order valence-corrected chi connectivity index (χ0v) is 15.6. The lowest BCUT2D eigenvalue weighted by Gasteiger charge is -2.21. The molecule has 0 heterocycles. The monoisotopic (exact) mass is 366 g/mol. The van der Waals surface area contributed by atoms with Gasteiger partial charge in [-0.05, 0) is 46.9 Å². The molecule has 1 N–H and O–H groups in total. The van der Waals surface area contributed by atoms with E-state index in [1.165, 1.54) is 0 Å². The van der Waals surface area contributed by atoms with Crippen molar-refractivity contribution in [3.8, 4) is 6.07 Å². The van der Waals surface area contributed by atoms with Crippen molar-refractivity contribution in [2.45, 2.75) is 32.6 Å². The lowest BCUT2D eigenvalue weighted by atomic mass is 9.84. The van der Waals surface area contributed by atoms with E-state index < -0.39 is 17.1 Å². The standard InChI is InChI=1S/C21H19ClN2O2/c1-20(2,3)14-4-7-16(8-5-14)24-19(26)21(12-23)11-13-10-15(22)6-9-17(13)18(21)25/h4-10H,11H2,1-3H3,(H,24,26)/t21-/m1/s1. The van der Waals surface area contributed by atoms with Crippen molar-refractivity contribution in [3.05, 3.63) is 64.2 Å². The van der Waals surface area contributed by atoms with Crippen molar-refractivity contribution >= 4 is 29.0 Å². The average Bonchev–Trinajstić information content (AvgIpc) is 2.87. The number of hydrogen-bond donors (Lipinski definition) is 1. The summed E-state index contributed by atoms with van der Waals surface area (Å²) in [6, 6.07) is 14.2. The van der Waals surface area contributed by atoms with Gasteiger partial charge in [-0.2, -0.15) is 5.26 Å². The van der Waals surface area contributed by atoms with E-state index in [-0.39, 0.29) is 11.8 Å². The molecule has 3 rings (SSSR count). The first-order valence-corrected chi connectivity index (χ1v) is 8.72. The number of amides is 1. The van der Waals surface area contributed by atoms with Gasteiger partial charge in [0.05, 0.1) is 6.07 Å². The number of Topliss-reactive ketones (excluding diaryl/α,β-unsaturated/α-hetero) is 1. The minimum Gasteiger partial charge on any atom is -0.324 e. The van der Waals surface area contributed by atoms with Crippen LogP contribution in [0.2, 0.25) is 5.02 Å². The van der Waals surface area contributed by atoms with Gasteiger partial charge in [-0.1, -0.05) is 44.5 Å². The topological polar surface area (TPSA) is 70.0 Å². The number of anilines is 1. The van der Waals surface area contributed by atoms with Crippen molar-refractivity contribution < 1.29 is 9.59 Å². The molecule has 2 aromatic rings. The van der Waals surface area contributed by atoms with Crippen LogP contribution in [0.4, 0.5) is 5.69 Å². The molecule has 132 valence electrons. The highest BCUT2D eigenvalue weighted by Gasteiger charge is 2.52. The van der Waals surface area contributed by atoms with Gasteiger partial charge < -0.3 is 5.32 Å². The van der Waals surface area contributed by atoms with Crippen LogP contribution in [-0.4, -0.2) is 11.7 Å². The van der Waals surface area contributed by atoms with Crippen molar-refractivity contribution in [3.63, 3.8) is 0 Å². The fraction of sp³-hybridized carbons (Fsp3) is 0.286. The van der Waals surface area contributed by atoms with Crippen LogP contribution in [0.3, 0.4) is 0 Å². The van der Waals surface area contributed by atoms with E-state index >= 15 is 0 Å². The van der Waals surface area contributed by atoms with Crippen LogP contribution in [0.15, 0.2) is 42.5 Å². The Hall–Kier alpha value is -2.64. The molecule has 0 fully saturated rings. The van der Waals surface area contributed by atoms with Crippen molar-refractivity contribution in [1.29, 1.82) is 5.26 Å². The van der Waals surface area contributed by atoms with Crippen LogP contribution in [0.25, 0.3) is 0 Å². The van der Waals surface area contributed by atoms with E-state index in [0.29, 0.717) is 21.8 Å². The summed E-state index contributed by atoms with van der Waals surface area (Å²) in [6.45, 7) is 6.31. The number of benzene rings is 2. The van der Waals surface area contributed by atoms with E-state index in [9.17, 15) is 14.9 Å². The van der Waals surface area contributed by atoms with Crippen molar-refractivity contribution in [2.75, 3.05) is 5.32 Å². The Bertz CT molecular complexity index is 936. The summed E-state index contributed by atoms with van der Waals surface area (Å²) < 4.78 is 0. The average molecular weight is 367 g/mol. The van der Waals surface area contributed by atoms with E-state index in [0.717, 1.165) is 5.56 Å². The molecule has 4 nitrogen and oxygen atoms in total. The first-order valence-electron chi connectivity index (χ1n) is 8.34. The second kappa shape index (κ2) is 6.26. The predicted octanol–water partition coefficient (Wildman–Crippen LogP) is 4.52. The number of nitrogens with one attached hydrogen (secondary N) is 1. The number of rotatable bonds is 2. The van der Waals surface area contributed by atoms with Gasteiger partial charge in [0.15, 0.2) is 5.78 Å². The number of nitrogens with zero attached hydrogens (tertiary/aromatic N) is 1. The van der Waals surface area contributed by atoms with Crippen LogP contribution in [0.1, 0.15) is 42.3 Å². The highest BCUT2D eigenvalue weighted by molar-refractivity contribution is 6.31. The molecule has 5 heteroatoms. The highest BCUT2D eigenvalue weighted by Crippen LogP contribution is 2.38. The third-order valence-corrected chi connectivity index (χ3v) is 4.98. The molecule has 1 aliphatic carbocycles. The molecule has 1 atom stereocenters. The van der Waals surface area contributed by atoms with E-state index in [4.69, 9.17) is 11.6 Å². The van der Waals surface area contributed by atoms with Gasteiger partial charge >= 0.3 is 0 Å². The molecule has 0 spiro atoms. The number of nitriles is 1. The lowest BCUT2D eigenvalue weighted by molar-refractivity contribution is -0.120. The summed E-state index contributed by atoms with van der Waals surface area (Å²) in [4.78, 5) is 25.6. The molecule has 26 heavy (non-hydrogen) atoms. The van der Waals surface area contributed by atoms with Crippen LogP contribution in [0, 0.1) is 16.7 Å². The van der Waals surface area contributed by atoms with Crippen LogP contribution < -0.4 is 5.32 Å². The van der Waals surface area contributed by atoms with Crippen LogP contribution >= 0.6 is 11.6 Å². The summed E-state index contributed by atoms with van der Waals surface area (Å²) in [5.74, 6) is -1.09. The molecule has 2 aromatic carbocycles. The normalized spacial score (nSPS) is 19.0. The second-order valence-electron chi connectivity index (χ2n) is 7.61. The maximum atomic E-state index is 12.8. The fourth-order valence-corrected chi connectivity index (χ4v) is 3.34. The summed E-state index contributed by atoms with van der Waals surface area (Å²) in [6.07, 6.45) is 0.0319. The molecular formula is C21H19ClN2O2. The largest absolute Gasteiger partial charge is 0.324 e. The number of halogens is 1. The Labute approximate surface area is 157 Å². The van der Waals surface area contributed by atoms with E-state index in [2.05, 4.69) is 26.1 Å². The molecule has 0 unspecified atom stereocenters. The third-order valence-electron chi connectivity index (χ3n) is 4.74. The maximum absolute atomic E-state index is 12.8. The van der Waals surface area contributed by atoms with Crippen LogP contribution in [-0.2, 0) is 16.6 Å². The molecule has 0 aliphatic heterocycles. The predicted molar refractivity (Wildman–Crippen MR) is 101 cm³/mol. The van der Waals surface area contributed by atoms with Gasteiger partial charge in [0.25, 0.3) is 5.91 Å². The summed E-state index contributed by atoms with van der Waals surface area (Å²) in [5, 5.41) is 12.9. The smallest absolute Gasteiger partial charge is 0.253 e. The molecular weight excluding hydrogens is 348 g/mol. The molecule has 0 radical (unpaired) electrons. The highest BCUT2D eigenvalue weighted by atomic mass is 35.5. The number of hydrogen-bond acceptors (Lipinski definition) is 3. The third kappa shape index (κ3) is 3.00. The molecule has 0 saturated heterocycles. The van der Waals surface area contributed by atoms with Crippen molar-refractivity contribution in [1.82, 2.24) is 0 Å². The lowest BCUT2D eigenvalue weighted by Crippen LogP contribution is -2.40. The Balaban J connectivity index is 1.87. The minimum atomic E-state index is -1.75. The van der Waals surface area contributed by atoms with Gasteiger partial charge in [0.1, 0.15) is 0 Å². The van der Waals surface area contributed by atoms with Gasteiger partial charge in [-0.25, -0.2) is 0 Å². The number of carbonyl (C=O) groups is 2. The molecule has 0 aromatic heterocycles. The van der Waals surface area contributed by atoms with Gasteiger partial charge in [-0.15, -0.1) is 0 Å².